The van der Waals surface area contributed by atoms with Crippen LogP contribution in [0.5, 0.6) is 0 Å². The van der Waals surface area contributed by atoms with Gasteiger partial charge >= 0.3 is 6.18 Å². The number of alkyl halides is 3. The standard InChI is InChI=1S/C20H19F3N2O/c1-3-19(26)24(2)17-12-14-6-4-5-7-18(14)25(13-17)16-10-8-15(9-11-16)20(21,22)23/h3-11,17H,1,12-13H2,2H3. The lowest BCUT2D eigenvalue weighted by Crippen LogP contribution is -2.47. The van der Waals surface area contributed by atoms with Crippen molar-refractivity contribution in [3.63, 3.8) is 0 Å². The van der Waals surface area contributed by atoms with Gasteiger partial charge < -0.3 is 9.80 Å². The number of hydrogen-bond donors (Lipinski definition) is 0. The van der Waals surface area contributed by atoms with Crippen molar-refractivity contribution in [3.8, 4) is 0 Å². The van der Waals surface area contributed by atoms with Gasteiger partial charge in [0.2, 0.25) is 5.91 Å². The summed E-state index contributed by atoms with van der Waals surface area (Å²) in [6.07, 6.45) is -2.41. The number of benzene rings is 2. The third-order valence-electron chi connectivity index (χ3n) is 4.71. The highest BCUT2D eigenvalue weighted by Crippen LogP contribution is 2.36. The summed E-state index contributed by atoms with van der Waals surface area (Å²) in [6.45, 7) is 4.02. The predicted molar refractivity (Wildman–Crippen MR) is 95.4 cm³/mol. The average Bonchev–Trinajstić information content (AvgIpc) is 2.65. The van der Waals surface area contributed by atoms with Crippen molar-refractivity contribution in [1.29, 1.82) is 0 Å². The maximum atomic E-state index is 12.8. The highest BCUT2D eigenvalue weighted by Gasteiger charge is 2.32. The summed E-state index contributed by atoms with van der Waals surface area (Å²) < 4.78 is 38.5. The Labute approximate surface area is 150 Å². The van der Waals surface area contributed by atoms with E-state index in [2.05, 4.69) is 6.58 Å². The molecule has 6 heteroatoms. The number of anilines is 2. The van der Waals surface area contributed by atoms with E-state index in [1.165, 1.54) is 18.2 Å². The van der Waals surface area contributed by atoms with Crippen molar-refractivity contribution in [1.82, 2.24) is 4.90 Å². The molecule has 3 nitrogen and oxygen atoms in total. The van der Waals surface area contributed by atoms with Crippen LogP contribution >= 0.6 is 0 Å². The maximum Gasteiger partial charge on any atom is 0.416 e. The van der Waals surface area contributed by atoms with Crippen LogP contribution in [-0.2, 0) is 17.4 Å². The molecule has 3 rings (SSSR count). The number of fused-ring (bicyclic) bond motifs is 1. The van der Waals surface area contributed by atoms with Gasteiger partial charge in [-0.25, -0.2) is 0 Å². The van der Waals surface area contributed by atoms with Crippen molar-refractivity contribution in [2.45, 2.75) is 18.6 Å². The van der Waals surface area contributed by atoms with Crippen LogP contribution in [0.25, 0.3) is 0 Å². The SMILES string of the molecule is C=CC(=O)N(C)C1Cc2ccccc2N(c2ccc(C(F)(F)F)cc2)C1. The number of nitrogens with zero attached hydrogens (tertiary/aromatic N) is 2. The Morgan fingerprint density at radius 3 is 2.46 bits per heavy atom. The molecular weight excluding hydrogens is 341 g/mol. The van der Waals surface area contributed by atoms with Gasteiger partial charge in [-0.2, -0.15) is 13.2 Å². The number of amides is 1. The monoisotopic (exact) mass is 360 g/mol. The van der Waals surface area contributed by atoms with E-state index in [1.807, 2.05) is 29.2 Å². The van der Waals surface area contributed by atoms with Gasteiger partial charge in [-0.05, 0) is 48.4 Å². The molecule has 0 N–H and O–H groups in total. The summed E-state index contributed by atoms with van der Waals surface area (Å²) in [6, 6.07) is 12.7. The summed E-state index contributed by atoms with van der Waals surface area (Å²) >= 11 is 0. The van der Waals surface area contributed by atoms with Gasteiger partial charge in [0.05, 0.1) is 11.6 Å². The summed E-state index contributed by atoms with van der Waals surface area (Å²) in [4.78, 5) is 15.6. The van der Waals surface area contributed by atoms with Crippen LogP contribution in [0.15, 0.2) is 61.2 Å². The van der Waals surface area contributed by atoms with Crippen LogP contribution in [0.1, 0.15) is 11.1 Å². The number of carbonyl (C=O) groups is 1. The van der Waals surface area contributed by atoms with Crippen LogP contribution in [0, 0.1) is 0 Å². The molecule has 0 fully saturated rings. The molecule has 0 aliphatic carbocycles. The molecule has 1 unspecified atom stereocenters. The Bertz CT molecular complexity index is 815. The van der Waals surface area contributed by atoms with E-state index in [1.54, 1.807) is 11.9 Å². The molecule has 26 heavy (non-hydrogen) atoms. The van der Waals surface area contributed by atoms with Crippen molar-refractivity contribution in [2.75, 3.05) is 18.5 Å². The first-order valence-corrected chi connectivity index (χ1v) is 8.23. The predicted octanol–water partition coefficient (Wildman–Crippen LogP) is 4.41. The Morgan fingerprint density at radius 1 is 1.19 bits per heavy atom. The molecule has 0 aromatic heterocycles. The molecule has 1 aliphatic rings. The van der Waals surface area contributed by atoms with Crippen molar-refractivity contribution in [2.24, 2.45) is 0 Å². The Kier molecular flexibility index (Phi) is 4.76. The number of para-hydroxylation sites is 1. The fourth-order valence-corrected chi connectivity index (χ4v) is 3.23. The molecule has 0 saturated heterocycles. The smallest absolute Gasteiger partial charge is 0.339 e. The minimum Gasteiger partial charge on any atom is -0.339 e. The molecule has 1 aliphatic heterocycles. The largest absolute Gasteiger partial charge is 0.416 e. The van der Waals surface area contributed by atoms with E-state index >= 15 is 0 Å². The summed E-state index contributed by atoms with van der Waals surface area (Å²) in [7, 11) is 1.72. The minimum atomic E-state index is -4.36. The zero-order valence-corrected chi connectivity index (χ0v) is 14.3. The lowest BCUT2D eigenvalue weighted by molar-refractivity contribution is -0.137. The quantitative estimate of drug-likeness (QED) is 0.757. The first-order chi connectivity index (χ1) is 12.3. The van der Waals surface area contributed by atoms with Crippen LogP contribution < -0.4 is 4.90 Å². The third kappa shape index (κ3) is 3.45. The molecule has 136 valence electrons. The second kappa shape index (κ2) is 6.86. The molecule has 0 saturated carbocycles. The van der Waals surface area contributed by atoms with Crippen molar-refractivity contribution >= 4 is 17.3 Å². The van der Waals surface area contributed by atoms with Gasteiger partial charge in [-0.1, -0.05) is 24.8 Å². The second-order valence-corrected chi connectivity index (χ2v) is 6.30. The van der Waals surface area contributed by atoms with Gasteiger partial charge in [0.15, 0.2) is 0 Å². The first kappa shape index (κ1) is 18.0. The van der Waals surface area contributed by atoms with E-state index in [0.29, 0.717) is 18.7 Å². The third-order valence-corrected chi connectivity index (χ3v) is 4.71. The molecular formula is C20H19F3N2O. The fourth-order valence-electron chi connectivity index (χ4n) is 3.23. The second-order valence-electron chi connectivity index (χ2n) is 6.30. The van der Waals surface area contributed by atoms with Gasteiger partial charge in [0.1, 0.15) is 0 Å². The van der Waals surface area contributed by atoms with E-state index in [0.717, 1.165) is 23.4 Å². The van der Waals surface area contributed by atoms with Crippen LogP contribution in [0.4, 0.5) is 24.5 Å². The van der Waals surface area contributed by atoms with E-state index in [-0.39, 0.29) is 11.9 Å². The lowest BCUT2D eigenvalue weighted by atomic mass is 9.96. The van der Waals surface area contributed by atoms with Gasteiger partial charge in [-0.3, -0.25) is 4.79 Å². The summed E-state index contributed by atoms with van der Waals surface area (Å²) in [5.41, 5.74) is 1.98. The summed E-state index contributed by atoms with van der Waals surface area (Å²) in [5.74, 6) is -0.179. The molecule has 0 bridgehead atoms. The van der Waals surface area contributed by atoms with E-state index in [9.17, 15) is 18.0 Å². The minimum absolute atomic E-state index is 0.0994. The van der Waals surface area contributed by atoms with Crippen LogP contribution in [0.2, 0.25) is 0 Å². The van der Waals surface area contributed by atoms with Gasteiger partial charge in [0.25, 0.3) is 0 Å². The molecule has 1 amide bonds. The number of halogens is 3. The van der Waals surface area contributed by atoms with E-state index in [4.69, 9.17) is 0 Å². The molecule has 1 heterocycles. The normalized spacial score (nSPS) is 16.8. The van der Waals surface area contributed by atoms with Gasteiger partial charge in [0, 0.05) is 25.0 Å². The molecule has 0 spiro atoms. The Morgan fingerprint density at radius 2 is 1.85 bits per heavy atom. The topological polar surface area (TPSA) is 23.6 Å². The zero-order valence-electron chi connectivity index (χ0n) is 14.3. The van der Waals surface area contributed by atoms with Crippen molar-refractivity contribution < 1.29 is 18.0 Å². The number of rotatable bonds is 3. The van der Waals surface area contributed by atoms with Crippen LogP contribution in [-0.4, -0.2) is 30.4 Å². The number of hydrogen-bond acceptors (Lipinski definition) is 2. The highest BCUT2D eigenvalue weighted by molar-refractivity contribution is 5.87. The fraction of sp³-hybridized carbons (Fsp3) is 0.250. The zero-order chi connectivity index (χ0) is 18.9. The first-order valence-electron chi connectivity index (χ1n) is 8.23. The van der Waals surface area contributed by atoms with Crippen LogP contribution in [0.3, 0.4) is 0 Å². The highest BCUT2D eigenvalue weighted by atomic mass is 19.4. The maximum absolute atomic E-state index is 12.8. The average molecular weight is 360 g/mol. The van der Waals surface area contributed by atoms with Crippen molar-refractivity contribution in [3.05, 3.63) is 72.3 Å². The number of likely N-dealkylation sites (N-methyl/N-ethyl adjacent to an activating group) is 1. The summed E-state index contributed by atoms with van der Waals surface area (Å²) in [5, 5.41) is 0. The number of carbonyl (C=O) groups excluding carboxylic acids is 1. The molecule has 0 radical (unpaired) electrons. The molecule has 2 aromatic rings. The Hall–Kier alpha value is -2.76. The van der Waals surface area contributed by atoms with Gasteiger partial charge in [-0.15, -0.1) is 0 Å². The molecule has 2 aromatic carbocycles. The Balaban J connectivity index is 1.97. The molecule has 1 atom stereocenters. The van der Waals surface area contributed by atoms with E-state index < -0.39 is 11.7 Å². The lowest BCUT2D eigenvalue weighted by Gasteiger charge is -2.39.